The molecule has 1 aromatic rings. The van der Waals surface area contributed by atoms with Gasteiger partial charge in [-0.15, -0.1) is 0 Å². The van der Waals surface area contributed by atoms with Crippen LogP contribution < -0.4 is 10.2 Å². The molecule has 1 atom stereocenters. The molecule has 0 aliphatic carbocycles. The molecule has 18 heavy (non-hydrogen) atoms. The van der Waals surface area contributed by atoms with Gasteiger partial charge in [0.15, 0.2) is 0 Å². The highest BCUT2D eigenvalue weighted by atomic mass is 19.1. The van der Waals surface area contributed by atoms with Crippen LogP contribution in [0.1, 0.15) is 31.7 Å². The Kier molecular flexibility index (Phi) is 4.59. The van der Waals surface area contributed by atoms with Gasteiger partial charge in [0, 0.05) is 25.3 Å². The molecule has 1 aliphatic rings. The summed E-state index contributed by atoms with van der Waals surface area (Å²) in [4.78, 5) is 2.42. The lowest BCUT2D eigenvalue weighted by molar-refractivity contribution is 0.404. The molecule has 0 bridgehead atoms. The van der Waals surface area contributed by atoms with E-state index in [0.29, 0.717) is 0 Å². The molecule has 1 aliphatic heterocycles. The van der Waals surface area contributed by atoms with Crippen LogP contribution in [0.15, 0.2) is 18.2 Å². The van der Waals surface area contributed by atoms with Crippen LogP contribution in [0.5, 0.6) is 0 Å². The maximum absolute atomic E-state index is 13.3. The quantitative estimate of drug-likeness (QED) is 0.883. The van der Waals surface area contributed by atoms with Gasteiger partial charge >= 0.3 is 0 Å². The lowest BCUT2D eigenvalue weighted by Crippen LogP contribution is -2.36. The Morgan fingerprint density at radius 3 is 3.00 bits per heavy atom. The van der Waals surface area contributed by atoms with Gasteiger partial charge in [-0.05, 0) is 49.6 Å². The number of hydrogen-bond donors (Lipinski definition) is 1. The predicted molar refractivity (Wildman–Crippen MR) is 74.4 cm³/mol. The molecule has 1 heterocycles. The minimum Gasteiger partial charge on any atom is -0.371 e. The van der Waals surface area contributed by atoms with E-state index >= 15 is 0 Å². The molecule has 0 saturated carbocycles. The fourth-order valence-corrected chi connectivity index (χ4v) is 2.81. The number of rotatable bonds is 4. The van der Waals surface area contributed by atoms with Crippen LogP contribution in [0.25, 0.3) is 0 Å². The Morgan fingerprint density at radius 1 is 1.44 bits per heavy atom. The molecule has 1 unspecified atom stereocenters. The average molecular weight is 250 g/mol. The summed E-state index contributed by atoms with van der Waals surface area (Å²) in [6.07, 6.45) is 3.81. The van der Waals surface area contributed by atoms with Gasteiger partial charge in [-0.1, -0.05) is 13.3 Å². The number of hydrogen-bond acceptors (Lipinski definition) is 2. The van der Waals surface area contributed by atoms with Gasteiger partial charge in [0.1, 0.15) is 5.82 Å². The fourth-order valence-electron chi connectivity index (χ4n) is 2.81. The number of benzene rings is 1. The molecule has 1 fully saturated rings. The van der Waals surface area contributed by atoms with Crippen LogP contribution >= 0.6 is 0 Å². The number of anilines is 1. The lowest BCUT2D eigenvalue weighted by Gasteiger charge is -2.35. The first-order valence-electron chi connectivity index (χ1n) is 6.92. The maximum Gasteiger partial charge on any atom is 0.123 e. The zero-order valence-corrected chi connectivity index (χ0v) is 11.4. The van der Waals surface area contributed by atoms with Crippen molar-refractivity contribution < 1.29 is 4.39 Å². The molecule has 1 saturated heterocycles. The molecule has 2 nitrogen and oxygen atoms in total. The number of halogens is 1. The minimum atomic E-state index is -0.145. The van der Waals surface area contributed by atoms with Crippen molar-refractivity contribution >= 4 is 5.69 Å². The highest BCUT2D eigenvalue weighted by molar-refractivity contribution is 5.54. The van der Waals surface area contributed by atoms with Crippen LogP contribution in [0.3, 0.4) is 0 Å². The van der Waals surface area contributed by atoms with E-state index in [1.165, 1.54) is 24.9 Å². The number of piperidine rings is 1. The van der Waals surface area contributed by atoms with Crippen molar-refractivity contribution in [1.82, 2.24) is 5.32 Å². The van der Waals surface area contributed by atoms with E-state index in [1.807, 2.05) is 13.1 Å². The largest absolute Gasteiger partial charge is 0.371 e. The molecular weight excluding hydrogens is 227 g/mol. The third-order valence-electron chi connectivity index (χ3n) is 3.85. The summed E-state index contributed by atoms with van der Waals surface area (Å²) in [6.45, 7) is 5.19. The van der Waals surface area contributed by atoms with Gasteiger partial charge in [-0.2, -0.15) is 0 Å². The minimum absolute atomic E-state index is 0.145. The Bertz CT molecular complexity index is 392. The van der Waals surface area contributed by atoms with Crippen molar-refractivity contribution in [1.29, 1.82) is 0 Å². The summed E-state index contributed by atoms with van der Waals surface area (Å²) in [7, 11) is 1.90. The summed E-state index contributed by atoms with van der Waals surface area (Å²) < 4.78 is 13.3. The maximum atomic E-state index is 13.3. The van der Waals surface area contributed by atoms with E-state index in [2.05, 4.69) is 17.1 Å². The van der Waals surface area contributed by atoms with Crippen molar-refractivity contribution in [2.24, 2.45) is 5.92 Å². The summed E-state index contributed by atoms with van der Waals surface area (Å²) in [5.41, 5.74) is 2.26. The van der Waals surface area contributed by atoms with Crippen molar-refractivity contribution in [3.8, 4) is 0 Å². The highest BCUT2D eigenvalue weighted by Crippen LogP contribution is 2.28. The van der Waals surface area contributed by atoms with Crippen LogP contribution in [-0.4, -0.2) is 20.1 Å². The third kappa shape index (κ3) is 3.02. The van der Waals surface area contributed by atoms with Gasteiger partial charge < -0.3 is 10.2 Å². The highest BCUT2D eigenvalue weighted by Gasteiger charge is 2.20. The van der Waals surface area contributed by atoms with Crippen LogP contribution in [-0.2, 0) is 6.54 Å². The van der Waals surface area contributed by atoms with E-state index in [1.54, 1.807) is 12.1 Å². The topological polar surface area (TPSA) is 15.3 Å². The van der Waals surface area contributed by atoms with E-state index in [9.17, 15) is 4.39 Å². The monoisotopic (exact) mass is 250 g/mol. The fraction of sp³-hybridized carbons (Fsp3) is 0.600. The second-order valence-corrected chi connectivity index (χ2v) is 5.17. The first-order chi connectivity index (χ1) is 8.74. The molecule has 2 rings (SSSR count). The second kappa shape index (κ2) is 6.19. The van der Waals surface area contributed by atoms with Crippen LogP contribution in [0.2, 0.25) is 0 Å². The zero-order valence-electron chi connectivity index (χ0n) is 11.4. The summed E-state index contributed by atoms with van der Waals surface area (Å²) in [5.74, 6) is 0.638. The summed E-state index contributed by atoms with van der Waals surface area (Å²) >= 11 is 0. The Balaban J connectivity index is 2.20. The molecule has 3 heteroatoms. The zero-order chi connectivity index (χ0) is 13.0. The van der Waals surface area contributed by atoms with E-state index in [0.717, 1.165) is 31.1 Å². The second-order valence-electron chi connectivity index (χ2n) is 5.17. The summed E-state index contributed by atoms with van der Waals surface area (Å²) in [5, 5.41) is 3.12. The van der Waals surface area contributed by atoms with E-state index in [4.69, 9.17) is 0 Å². The first-order valence-corrected chi connectivity index (χ1v) is 6.92. The van der Waals surface area contributed by atoms with Crippen molar-refractivity contribution in [3.63, 3.8) is 0 Å². The van der Waals surface area contributed by atoms with E-state index < -0.39 is 0 Å². The normalized spacial score (nSPS) is 20.2. The molecular formula is C15H23FN2. The van der Waals surface area contributed by atoms with Gasteiger partial charge in [0.25, 0.3) is 0 Å². The molecule has 0 radical (unpaired) electrons. The molecule has 0 spiro atoms. The van der Waals surface area contributed by atoms with Crippen molar-refractivity contribution in [3.05, 3.63) is 29.6 Å². The number of nitrogens with one attached hydrogen (secondary N) is 1. The standard InChI is InChI=1S/C15H23FN2/c1-3-12-5-4-8-18(11-12)15-7-6-14(16)9-13(15)10-17-2/h6-7,9,12,17H,3-5,8,10-11H2,1-2H3. The molecule has 1 aromatic carbocycles. The Morgan fingerprint density at radius 2 is 2.28 bits per heavy atom. The molecule has 1 N–H and O–H groups in total. The number of nitrogens with zero attached hydrogens (tertiary/aromatic N) is 1. The smallest absolute Gasteiger partial charge is 0.123 e. The van der Waals surface area contributed by atoms with Crippen molar-refractivity contribution in [2.75, 3.05) is 25.0 Å². The lowest BCUT2D eigenvalue weighted by atomic mass is 9.94. The predicted octanol–water partition coefficient (Wildman–Crippen LogP) is 3.17. The van der Waals surface area contributed by atoms with Crippen LogP contribution in [0.4, 0.5) is 10.1 Å². The van der Waals surface area contributed by atoms with Gasteiger partial charge in [-0.25, -0.2) is 4.39 Å². The Hall–Kier alpha value is -1.09. The van der Waals surface area contributed by atoms with Crippen LogP contribution in [0, 0.1) is 11.7 Å². The molecule has 100 valence electrons. The Labute approximate surface area is 109 Å². The first kappa shape index (κ1) is 13.3. The van der Waals surface area contributed by atoms with Gasteiger partial charge in [0.05, 0.1) is 0 Å². The average Bonchev–Trinajstić information content (AvgIpc) is 2.39. The third-order valence-corrected chi connectivity index (χ3v) is 3.85. The molecule has 0 amide bonds. The summed E-state index contributed by atoms with van der Waals surface area (Å²) in [6, 6.07) is 5.16. The SMILES string of the molecule is CCC1CCCN(c2ccc(F)cc2CNC)C1. The molecule has 0 aromatic heterocycles. The van der Waals surface area contributed by atoms with Gasteiger partial charge in [0.2, 0.25) is 0 Å². The van der Waals surface area contributed by atoms with Gasteiger partial charge in [-0.3, -0.25) is 0 Å². The van der Waals surface area contributed by atoms with E-state index in [-0.39, 0.29) is 5.82 Å². The van der Waals surface area contributed by atoms with Crippen molar-refractivity contribution in [2.45, 2.75) is 32.7 Å².